The molecule has 0 aromatic carbocycles. The Morgan fingerprint density at radius 3 is 2.12 bits per heavy atom. The third-order valence-corrected chi connectivity index (χ3v) is 1.28. The molecule has 1 rings (SSSR count). The summed E-state index contributed by atoms with van der Waals surface area (Å²) in [6.07, 6.45) is 1.22. The molecule has 0 aliphatic carbocycles. The van der Waals surface area contributed by atoms with Crippen molar-refractivity contribution < 1.29 is 26.5 Å². The van der Waals surface area contributed by atoms with E-state index in [1.807, 2.05) is 0 Å². The van der Waals surface area contributed by atoms with Gasteiger partial charge in [-0.1, -0.05) is 0 Å². The highest BCUT2D eigenvalue weighted by molar-refractivity contribution is 4.34. The molecule has 0 bridgehead atoms. The lowest BCUT2D eigenvalue weighted by Gasteiger charge is -2.17. The molecular formula is C5H12BrNO. The van der Waals surface area contributed by atoms with Gasteiger partial charge < -0.3 is 17.0 Å². The maximum absolute atomic E-state index is 5.28. The van der Waals surface area contributed by atoms with Crippen molar-refractivity contribution in [1.82, 2.24) is 0 Å². The highest BCUT2D eigenvalue weighted by Crippen LogP contribution is 2.08. The number of hydroxylamine groups is 3. The lowest BCUT2D eigenvalue weighted by atomic mass is 10.5. The van der Waals surface area contributed by atoms with Crippen LogP contribution in [0.4, 0.5) is 0 Å². The second-order valence-electron chi connectivity index (χ2n) is 2.48. The second kappa shape index (κ2) is 2.80. The standard InChI is InChI=1S/C5H12NO.BrH/c1-6(2)4-3-5-7-6;/h3-5H2,1-2H3;1H/q+1;/p-1. The number of halogens is 1. The van der Waals surface area contributed by atoms with Crippen LogP contribution in [0.25, 0.3) is 0 Å². The largest absolute Gasteiger partial charge is 1.00 e. The van der Waals surface area contributed by atoms with Crippen molar-refractivity contribution >= 4 is 0 Å². The Morgan fingerprint density at radius 2 is 2.00 bits per heavy atom. The first-order chi connectivity index (χ1) is 3.21. The molecule has 1 fully saturated rings. The molecule has 1 saturated heterocycles. The van der Waals surface area contributed by atoms with E-state index in [0.29, 0.717) is 0 Å². The molecule has 50 valence electrons. The summed E-state index contributed by atoms with van der Waals surface area (Å²) in [4.78, 5) is 5.28. The molecule has 0 aromatic heterocycles. The maximum Gasteiger partial charge on any atom is 0.112 e. The van der Waals surface area contributed by atoms with Crippen molar-refractivity contribution in [2.24, 2.45) is 0 Å². The van der Waals surface area contributed by atoms with Crippen molar-refractivity contribution in [3.63, 3.8) is 0 Å². The highest BCUT2D eigenvalue weighted by atomic mass is 79.9. The van der Waals surface area contributed by atoms with Crippen LogP contribution in [0.3, 0.4) is 0 Å². The topological polar surface area (TPSA) is 9.23 Å². The molecular weight excluding hydrogens is 170 g/mol. The maximum atomic E-state index is 5.28. The first-order valence-corrected chi connectivity index (χ1v) is 2.68. The van der Waals surface area contributed by atoms with E-state index in [-0.39, 0.29) is 17.0 Å². The summed E-state index contributed by atoms with van der Waals surface area (Å²) in [7, 11) is 4.15. The van der Waals surface area contributed by atoms with Crippen LogP contribution in [0.2, 0.25) is 0 Å². The predicted octanol–water partition coefficient (Wildman–Crippen LogP) is -2.60. The third-order valence-electron chi connectivity index (χ3n) is 1.28. The number of quaternary nitrogens is 1. The minimum Gasteiger partial charge on any atom is -1.00 e. The summed E-state index contributed by atoms with van der Waals surface area (Å²) in [5, 5.41) is 0. The van der Waals surface area contributed by atoms with Crippen LogP contribution in [0, 0.1) is 0 Å². The average Bonchev–Trinajstić information content (AvgIpc) is 1.84. The van der Waals surface area contributed by atoms with Gasteiger partial charge in [0.2, 0.25) is 0 Å². The molecule has 0 saturated carbocycles. The Balaban J connectivity index is 0.000000490. The molecule has 8 heavy (non-hydrogen) atoms. The highest BCUT2D eigenvalue weighted by Gasteiger charge is 2.22. The monoisotopic (exact) mass is 181 g/mol. The van der Waals surface area contributed by atoms with E-state index in [0.717, 1.165) is 11.3 Å². The smallest absolute Gasteiger partial charge is 0.112 e. The molecule has 3 heteroatoms. The van der Waals surface area contributed by atoms with Crippen molar-refractivity contribution in [3.8, 4) is 0 Å². The molecule has 0 radical (unpaired) electrons. The van der Waals surface area contributed by atoms with Gasteiger partial charge >= 0.3 is 0 Å². The molecule has 1 aliphatic heterocycles. The second-order valence-corrected chi connectivity index (χ2v) is 2.48. The fourth-order valence-electron chi connectivity index (χ4n) is 0.822. The summed E-state index contributed by atoms with van der Waals surface area (Å²) in [6.45, 7) is 2.10. The van der Waals surface area contributed by atoms with E-state index in [1.54, 1.807) is 0 Å². The van der Waals surface area contributed by atoms with Crippen LogP contribution >= 0.6 is 0 Å². The van der Waals surface area contributed by atoms with Crippen LogP contribution in [-0.4, -0.2) is 31.9 Å². The minimum absolute atomic E-state index is 0. The molecule has 0 N–H and O–H groups in total. The molecule has 0 amide bonds. The minimum atomic E-state index is 0. The molecule has 0 atom stereocenters. The van der Waals surface area contributed by atoms with E-state index >= 15 is 0 Å². The number of rotatable bonds is 0. The summed E-state index contributed by atoms with van der Waals surface area (Å²) in [5.74, 6) is 0. The number of nitrogens with zero attached hydrogens (tertiary/aromatic N) is 1. The SMILES string of the molecule is C[N+]1(C)CCCO1.[Br-]. The van der Waals surface area contributed by atoms with Crippen molar-refractivity contribution in [1.29, 1.82) is 0 Å². The average molecular weight is 182 g/mol. The number of hydrogen-bond donors (Lipinski definition) is 0. The van der Waals surface area contributed by atoms with Crippen molar-refractivity contribution in [3.05, 3.63) is 0 Å². The number of hydrogen-bond acceptors (Lipinski definition) is 1. The first-order valence-electron chi connectivity index (χ1n) is 2.68. The van der Waals surface area contributed by atoms with Gasteiger partial charge in [0.15, 0.2) is 0 Å². The lowest BCUT2D eigenvalue weighted by molar-refractivity contribution is -1.06. The summed E-state index contributed by atoms with van der Waals surface area (Å²) < 4.78 is 0.750. The van der Waals surface area contributed by atoms with Crippen molar-refractivity contribution in [2.45, 2.75) is 6.42 Å². The van der Waals surface area contributed by atoms with Gasteiger partial charge in [-0.25, -0.2) is 4.84 Å². The molecule has 0 unspecified atom stereocenters. The summed E-state index contributed by atoms with van der Waals surface area (Å²) >= 11 is 0. The van der Waals surface area contributed by atoms with E-state index in [9.17, 15) is 0 Å². The van der Waals surface area contributed by atoms with Crippen LogP contribution in [0.5, 0.6) is 0 Å². The normalized spacial score (nSPS) is 24.8. The van der Waals surface area contributed by atoms with Gasteiger partial charge in [0.1, 0.15) is 13.2 Å². The van der Waals surface area contributed by atoms with Gasteiger partial charge in [0, 0.05) is 6.42 Å². The van der Waals surface area contributed by atoms with Gasteiger partial charge in [0.05, 0.1) is 14.1 Å². The van der Waals surface area contributed by atoms with E-state index in [1.165, 1.54) is 13.0 Å². The van der Waals surface area contributed by atoms with Crippen LogP contribution in [0.1, 0.15) is 6.42 Å². The van der Waals surface area contributed by atoms with Gasteiger partial charge in [-0.2, -0.15) is 4.65 Å². The van der Waals surface area contributed by atoms with Crippen LogP contribution in [0.15, 0.2) is 0 Å². The zero-order valence-corrected chi connectivity index (χ0v) is 6.94. The van der Waals surface area contributed by atoms with E-state index < -0.39 is 0 Å². The Hall–Kier alpha value is 0.400. The molecule has 0 aromatic rings. The molecule has 1 aliphatic rings. The Bertz CT molecular complexity index is 66.8. The molecule has 2 nitrogen and oxygen atoms in total. The van der Waals surface area contributed by atoms with Gasteiger partial charge in [0.25, 0.3) is 0 Å². The molecule has 0 spiro atoms. The van der Waals surface area contributed by atoms with Crippen molar-refractivity contribution in [2.75, 3.05) is 27.2 Å². The zero-order valence-electron chi connectivity index (χ0n) is 5.35. The fraction of sp³-hybridized carbons (Fsp3) is 1.00. The third kappa shape index (κ3) is 2.11. The molecule has 1 heterocycles. The fourth-order valence-corrected chi connectivity index (χ4v) is 0.822. The van der Waals surface area contributed by atoms with Crippen LogP contribution < -0.4 is 17.0 Å². The van der Waals surface area contributed by atoms with Crippen LogP contribution in [-0.2, 0) is 4.84 Å². The summed E-state index contributed by atoms with van der Waals surface area (Å²) in [6, 6.07) is 0. The summed E-state index contributed by atoms with van der Waals surface area (Å²) in [5.41, 5.74) is 0. The zero-order chi connectivity index (χ0) is 5.33. The predicted molar refractivity (Wildman–Crippen MR) is 27.5 cm³/mol. The first kappa shape index (κ1) is 8.40. The lowest BCUT2D eigenvalue weighted by Crippen LogP contribution is -3.00. The Morgan fingerprint density at radius 1 is 1.38 bits per heavy atom. The van der Waals surface area contributed by atoms with Gasteiger partial charge in [-0.15, -0.1) is 0 Å². The Kier molecular flexibility index (Phi) is 2.94. The van der Waals surface area contributed by atoms with Gasteiger partial charge in [-0.05, 0) is 0 Å². The quantitative estimate of drug-likeness (QED) is 0.373. The van der Waals surface area contributed by atoms with E-state index in [2.05, 4.69) is 14.1 Å². The Labute approximate surface area is 60.7 Å². The van der Waals surface area contributed by atoms with E-state index in [4.69, 9.17) is 4.84 Å². The van der Waals surface area contributed by atoms with Gasteiger partial charge in [-0.3, -0.25) is 0 Å².